The number of rotatable bonds is 6. The Labute approximate surface area is 333 Å². The minimum Gasteiger partial charge on any atom is -0.455 e. The average Bonchev–Trinajstić information content (AvgIpc) is 3.85. The van der Waals surface area contributed by atoms with E-state index in [2.05, 4.69) is 102 Å². The molecule has 0 fully saturated rings. The molecule has 6 nitrogen and oxygen atoms in total. The third-order valence-electron chi connectivity index (χ3n) is 10.9. The molecule has 0 aliphatic heterocycles. The Morgan fingerprint density at radius 3 is 1.57 bits per heavy atom. The van der Waals surface area contributed by atoms with Crippen LogP contribution in [0, 0.1) is 11.3 Å². The Morgan fingerprint density at radius 2 is 0.948 bits per heavy atom. The monoisotopic (exact) mass is 741 g/mol. The molecule has 0 amide bonds. The molecule has 11 aromatic rings. The number of aromatic nitrogens is 4. The summed E-state index contributed by atoms with van der Waals surface area (Å²) in [7, 11) is 0. The molecule has 0 bridgehead atoms. The van der Waals surface area contributed by atoms with Gasteiger partial charge in [-0.1, -0.05) is 152 Å². The van der Waals surface area contributed by atoms with Gasteiger partial charge in [0.05, 0.1) is 22.7 Å². The predicted octanol–water partition coefficient (Wildman–Crippen LogP) is 13.1. The van der Waals surface area contributed by atoms with E-state index in [1.54, 1.807) is 0 Å². The van der Waals surface area contributed by atoms with Crippen molar-refractivity contribution in [1.29, 1.82) is 5.26 Å². The summed E-state index contributed by atoms with van der Waals surface area (Å²) >= 11 is 0. The van der Waals surface area contributed by atoms with Crippen LogP contribution in [0.4, 0.5) is 0 Å². The quantitative estimate of drug-likeness (QED) is 0.169. The van der Waals surface area contributed by atoms with Gasteiger partial charge in [-0.2, -0.15) is 5.26 Å². The standard InChI is InChI=1S/C52H31N5O/c53-32-33-25-28-46-45(29-33)42-27-26-37(41-22-12-24-44-43-23-11-21-40(48(43)58-49(41)44)34-13-4-1-5-14-34)31-47(42)57(46)39-20-10-19-38(30-39)52-55-50(35-15-6-2-7-16-35)54-51(56-52)36-17-8-3-9-18-36/h1-31H. The number of hydrogen-bond donors (Lipinski definition) is 0. The zero-order valence-electron chi connectivity index (χ0n) is 31.0. The van der Waals surface area contributed by atoms with Gasteiger partial charge in [0.15, 0.2) is 17.5 Å². The number of nitriles is 1. The van der Waals surface area contributed by atoms with Crippen molar-refractivity contribution in [3.05, 3.63) is 194 Å². The zero-order valence-corrected chi connectivity index (χ0v) is 31.0. The Balaban J connectivity index is 1.11. The van der Waals surface area contributed by atoms with Crippen molar-refractivity contribution in [2.24, 2.45) is 0 Å². The largest absolute Gasteiger partial charge is 0.455 e. The van der Waals surface area contributed by atoms with E-state index < -0.39 is 0 Å². The molecular formula is C52H31N5O. The van der Waals surface area contributed by atoms with E-state index in [-0.39, 0.29) is 0 Å². The second-order valence-corrected chi connectivity index (χ2v) is 14.3. The van der Waals surface area contributed by atoms with Crippen LogP contribution >= 0.6 is 0 Å². The first-order valence-corrected chi connectivity index (χ1v) is 19.2. The molecule has 0 atom stereocenters. The Hall–Kier alpha value is -8.14. The molecule has 58 heavy (non-hydrogen) atoms. The topological polar surface area (TPSA) is 80.5 Å². The van der Waals surface area contributed by atoms with Gasteiger partial charge in [0, 0.05) is 55.0 Å². The fourth-order valence-electron chi connectivity index (χ4n) is 8.15. The highest BCUT2D eigenvalue weighted by Crippen LogP contribution is 2.42. The van der Waals surface area contributed by atoms with E-state index in [1.165, 1.54) is 0 Å². The van der Waals surface area contributed by atoms with Crippen LogP contribution in [-0.2, 0) is 0 Å². The molecular weight excluding hydrogens is 711 g/mol. The molecule has 0 aliphatic rings. The molecule has 3 aromatic heterocycles. The summed E-state index contributed by atoms with van der Waals surface area (Å²) < 4.78 is 9.09. The third-order valence-corrected chi connectivity index (χ3v) is 10.9. The minimum absolute atomic E-state index is 0.578. The second kappa shape index (κ2) is 13.6. The number of nitrogens with zero attached hydrogens (tertiary/aromatic N) is 5. The molecule has 270 valence electrons. The van der Waals surface area contributed by atoms with Crippen molar-refractivity contribution in [2.45, 2.75) is 0 Å². The summed E-state index contributed by atoms with van der Waals surface area (Å²) in [6, 6.07) is 66.2. The molecule has 0 N–H and O–H groups in total. The van der Waals surface area contributed by atoms with E-state index >= 15 is 0 Å². The van der Waals surface area contributed by atoms with Crippen molar-refractivity contribution < 1.29 is 4.42 Å². The van der Waals surface area contributed by atoms with E-state index in [1.807, 2.05) is 97.1 Å². The number of fused-ring (bicyclic) bond motifs is 6. The molecule has 3 heterocycles. The van der Waals surface area contributed by atoms with Crippen molar-refractivity contribution in [3.8, 4) is 68.2 Å². The fraction of sp³-hybridized carbons (Fsp3) is 0. The van der Waals surface area contributed by atoms with Gasteiger partial charge in [-0.05, 0) is 47.5 Å². The highest BCUT2D eigenvalue weighted by molar-refractivity contribution is 6.15. The van der Waals surface area contributed by atoms with Gasteiger partial charge in [0.25, 0.3) is 0 Å². The normalized spacial score (nSPS) is 11.4. The van der Waals surface area contributed by atoms with Crippen molar-refractivity contribution in [1.82, 2.24) is 19.5 Å². The fourth-order valence-corrected chi connectivity index (χ4v) is 8.15. The van der Waals surface area contributed by atoms with Gasteiger partial charge < -0.3 is 8.98 Å². The summed E-state index contributed by atoms with van der Waals surface area (Å²) in [5, 5.41) is 14.1. The van der Waals surface area contributed by atoms with Gasteiger partial charge in [-0.3, -0.25) is 0 Å². The minimum atomic E-state index is 0.578. The van der Waals surface area contributed by atoms with Crippen LogP contribution in [0.25, 0.3) is 106 Å². The number of benzene rings is 8. The Kier molecular flexibility index (Phi) is 7.76. The summed E-state index contributed by atoms with van der Waals surface area (Å²) in [6.07, 6.45) is 0. The molecule has 0 radical (unpaired) electrons. The van der Waals surface area contributed by atoms with E-state index in [4.69, 9.17) is 19.4 Å². The highest BCUT2D eigenvalue weighted by atomic mass is 16.3. The summed E-state index contributed by atoms with van der Waals surface area (Å²) in [4.78, 5) is 14.9. The third kappa shape index (κ3) is 5.53. The molecule has 0 saturated heterocycles. The molecule has 0 spiro atoms. The maximum Gasteiger partial charge on any atom is 0.164 e. The van der Waals surface area contributed by atoms with Crippen LogP contribution in [0.15, 0.2) is 192 Å². The zero-order chi connectivity index (χ0) is 38.6. The van der Waals surface area contributed by atoms with Crippen molar-refractivity contribution >= 4 is 43.7 Å². The first-order valence-electron chi connectivity index (χ1n) is 19.2. The maximum atomic E-state index is 9.92. The Morgan fingerprint density at radius 1 is 0.397 bits per heavy atom. The predicted molar refractivity (Wildman–Crippen MR) is 233 cm³/mol. The van der Waals surface area contributed by atoms with Crippen LogP contribution in [0.5, 0.6) is 0 Å². The second-order valence-electron chi connectivity index (χ2n) is 14.3. The molecule has 8 aromatic carbocycles. The van der Waals surface area contributed by atoms with Crippen LogP contribution in [0.1, 0.15) is 5.56 Å². The van der Waals surface area contributed by atoms with Crippen LogP contribution in [0.2, 0.25) is 0 Å². The first kappa shape index (κ1) is 33.2. The summed E-state index contributed by atoms with van der Waals surface area (Å²) in [5.41, 5.74) is 12.2. The lowest BCUT2D eigenvalue weighted by molar-refractivity contribution is 0.671. The van der Waals surface area contributed by atoms with Gasteiger partial charge in [-0.15, -0.1) is 0 Å². The molecule has 0 aliphatic carbocycles. The van der Waals surface area contributed by atoms with Gasteiger partial charge in [0.1, 0.15) is 11.2 Å². The average molecular weight is 742 g/mol. The van der Waals surface area contributed by atoms with Crippen molar-refractivity contribution in [2.75, 3.05) is 0 Å². The lowest BCUT2D eigenvalue weighted by Crippen LogP contribution is -2.01. The van der Waals surface area contributed by atoms with Crippen LogP contribution in [-0.4, -0.2) is 19.5 Å². The van der Waals surface area contributed by atoms with Crippen molar-refractivity contribution in [3.63, 3.8) is 0 Å². The number of para-hydroxylation sites is 2. The highest BCUT2D eigenvalue weighted by Gasteiger charge is 2.19. The summed E-state index contributed by atoms with van der Waals surface area (Å²) in [6.45, 7) is 0. The van der Waals surface area contributed by atoms with Gasteiger partial charge in [0.2, 0.25) is 0 Å². The molecule has 6 heteroatoms. The smallest absolute Gasteiger partial charge is 0.164 e. The van der Waals surface area contributed by atoms with Gasteiger partial charge >= 0.3 is 0 Å². The SMILES string of the molecule is N#Cc1ccc2c(c1)c1ccc(-c3cccc4c3oc3c(-c5ccccc5)cccc34)cc1n2-c1cccc(-c2nc(-c3ccccc3)nc(-c3ccccc3)n2)c1. The van der Waals surface area contributed by atoms with Gasteiger partial charge in [-0.25, -0.2) is 15.0 Å². The summed E-state index contributed by atoms with van der Waals surface area (Å²) in [5.74, 6) is 1.79. The van der Waals surface area contributed by atoms with E-state index in [0.29, 0.717) is 23.0 Å². The molecule has 0 unspecified atom stereocenters. The number of hydrogen-bond acceptors (Lipinski definition) is 5. The Bertz CT molecular complexity index is 3340. The lowest BCUT2D eigenvalue weighted by atomic mass is 9.99. The maximum absolute atomic E-state index is 9.92. The van der Waals surface area contributed by atoms with Crippen LogP contribution < -0.4 is 0 Å². The molecule has 0 saturated carbocycles. The van der Waals surface area contributed by atoms with E-state index in [9.17, 15) is 5.26 Å². The number of furan rings is 1. The molecule has 11 rings (SSSR count). The first-order chi connectivity index (χ1) is 28.7. The lowest BCUT2D eigenvalue weighted by Gasteiger charge is -2.12. The van der Waals surface area contributed by atoms with Crippen LogP contribution in [0.3, 0.4) is 0 Å². The van der Waals surface area contributed by atoms with E-state index in [0.717, 1.165) is 88.4 Å².